The first-order valence-corrected chi connectivity index (χ1v) is 9.34. The summed E-state index contributed by atoms with van der Waals surface area (Å²) in [5.74, 6) is 3.20. The zero-order chi connectivity index (χ0) is 17.8. The van der Waals surface area contributed by atoms with Crippen molar-refractivity contribution in [2.45, 2.75) is 59.1 Å². The summed E-state index contributed by atoms with van der Waals surface area (Å²) in [5.41, 5.74) is 0.969. The zero-order valence-electron chi connectivity index (χ0n) is 15.4. The van der Waals surface area contributed by atoms with Gasteiger partial charge in [0.15, 0.2) is 11.5 Å². The molecule has 0 radical (unpaired) electrons. The molecule has 1 aromatic rings. The van der Waals surface area contributed by atoms with E-state index in [2.05, 4.69) is 26.1 Å². The quantitative estimate of drug-likeness (QED) is 0.852. The molecule has 0 aromatic heterocycles. The van der Waals surface area contributed by atoms with Crippen molar-refractivity contribution in [3.05, 3.63) is 23.8 Å². The second kappa shape index (κ2) is 7.98. The van der Waals surface area contributed by atoms with E-state index in [0.29, 0.717) is 24.3 Å². The van der Waals surface area contributed by atoms with E-state index < -0.39 is 0 Å². The van der Waals surface area contributed by atoms with Crippen LogP contribution < -0.4 is 14.8 Å². The summed E-state index contributed by atoms with van der Waals surface area (Å²) in [4.78, 5) is 12.3. The Morgan fingerprint density at radius 1 is 1.28 bits per heavy atom. The van der Waals surface area contributed by atoms with Gasteiger partial charge in [0.2, 0.25) is 6.79 Å². The van der Waals surface area contributed by atoms with Gasteiger partial charge in [-0.2, -0.15) is 0 Å². The topological polar surface area (TPSA) is 56.8 Å². The van der Waals surface area contributed by atoms with Gasteiger partial charge in [-0.05, 0) is 54.7 Å². The monoisotopic (exact) mass is 347 g/mol. The lowest BCUT2D eigenvalue weighted by molar-refractivity contribution is 0.0154. The fraction of sp³-hybridized carbons (Fsp3) is 0.650. The van der Waals surface area contributed by atoms with Crippen LogP contribution in [0.4, 0.5) is 4.79 Å². The minimum Gasteiger partial charge on any atom is -0.454 e. The molecule has 138 valence electrons. The van der Waals surface area contributed by atoms with Crippen LogP contribution in [0.2, 0.25) is 0 Å². The van der Waals surface area contributed by atoms with E-state index >= 15 is 0 Å². The molecule has 5 nitrogen and oxygen atoms in total. The highest BCUT2D eigenvalue weighted by molar-refractivity contribution is 5.67. The molecular weight excluding hydrogens is 318 g/mol. The van der Waals surface area contributed by atoms with E-state index in [1.54, 1.807) is 0 Å². The summed E-state index contributed by atoms with van der Waals surface area (Å²) in [6.07, 6.45) is 4.17. The highest BCUT2D eigenvalue weighted by Gasteiger charge is 2.31. The van der Waals surface area contributed by atoms with Gasteiger partial charge in [-0.1, -0.05) is 33.3 Å². The summed E-state index contributed by atoms with van der Waals surface area (Å²) >= 11 is 0. The molecule has 1 fully saturated rings. The van der Waals surface area contributed by atoms with E-state index in [1.165, 1.54) is 6.42 Å². The van der Waals surface area contributed by atoms with Crippen molar-refractivity contribution in [1.29, 1.82) is 0 Å². The second-order valence-electron chi connectivity index (χ2n) is 7.79. The third-order valence-electron chi connectivity index (χ3n) is 5.10. The van der Waals surface area contributed by atoms with E-state index in [9.17, 15) is 4.79 Å². The Balaban J connectivity index is 1.52. The first kappa shape index (κ1) is 17.9. The van der Waals surface area contributed by atoms with Crippen LogP contribution >= 0.6 is 0 Å². The van der Waals surface area contributed by atoms with Crippen LogP contribution in [-0.2, 0) is 11.3 Å². The highest BCUT2D eigenvalue weighted by Crippen LogP contribution is 2.35. The Hall–Kier alpha value is -1.91. The van der Waals surface area contributed by atoms with Gasteiger partial charge in [0.1, 0.15) is 6.10 Å². The van der Waals surface area contributed by atoms with Crippen molar-refractivity contribution in [2.75, 3.05) is 6.79 Å². The smallest absolute Gasteiger partial charge is 0.407 e. The Morgan fingerprint density at radius 3 is 2.88 bits per heavy atom. The Bertz CT molecular complexity index is 601. The van der Waals surface area contributed by atoms with Gasteiger partial charge in [-0.3, -0.25) is 0 Å². The van der Waals surface area contributed by atoms with Crippen LogP contribution in [0.5, 0.6) is 11.5 Å². The van der Waals surface area contributed by atoms with Crippen molar-refractivity contribution in [2.24, 2.45) is 17.8 Å². The lowest BCUT2D eigenvalue weighted by Crippen LogP contribution is -2.37. The van der Waals surface area contributed by atoms with Gasteiger partial charge in [0.05, 0.1) is 0 Å². The summed E-state index contributed by atoms with van der Waals surface area (Å²) in [7, 11) is 0. The molecule has 0 saturated heterocycles. The number of benzene rings is 1. The second-order valence-corrected chi connectivity index (χ2v) is 7.79. The van der Waals surface area contributed by atoms with E-state index in [4.69, 9.17) is 14.2 Å². The molecule has 1 saturated carbocycles. The first-order valence-electron chi connectivity index (χ1n) is 9.34. The SMILES string of the molecule is CC(C)CC1CCC(C)CC1OC(=O)NCc1ccc2c(c1)OCO2. The van der Waals surface area contributed by atoms with Gasteiger partial charge < -0.3 is 19.5 Å². The molecule has 1 amide bonds. The molecule has 1 aliphatic heterocycles. The summed E-state index contributed by atoms with van der Waals surface area (Å²) in [6, 6.07) is 5.69. The molecule has 3 unspecified atom stereocenters. The lowest BCUT2D eigenvalue weighted by atomic mass is 9.77. The molecule has 3 atom stereocenters. The van der Waals surface area contributed by atoms with Gasteiger partial charge in [-0.15, -0.1) is 0 Å². The Kier molecular flexibility index (Phi) is 5.71. The molecule has 0 spiro atoms. The molecule has 1 aliphatic carbocycles. The summed E-state index contributed by atoms with van der Waals surface area (Å²) < 4.78 is 16.4. The third-order valence-corrected chi connectivity index (χ3v) is 5.10. The number of carbonyl (C=O) groups excluding carboxylic acids is 1. The van der Waals surface area contributed by atoms with E-state index in [1.807, 2.05) is 18.2 Å². The molecule has 1 heterocycles. The summed E-state index contributed by atoms with van der Waals surface area (Å²) in [6.45, 7) is 7.38. The molecule has 1 N–H and O–H groups in total. The van der Waals surface area contributed by atoms with Crippen molar-refractivity contribution < 1.29 is 19.0 Å². The highest BCUT2D eigenvalue weighted by atomic mass is 16.7. The largest absolute Gasteiger partial charge is 0.454 e. The average Bonchev–Trinajstić information content (AvgIpc) is 3.03. The number of hydrogen-bond donors (Lipinski definition) is 1. The van der Waals surface area contributed by atoms with Crippen LogP contribution in [0, 0.1) is 17.8 Å². The van der Waals surface area contributed by atoms with Gasteiger partial charge >= 0.3 is 6.09 Å². The lowest BCUT2D eigenvalue weighted by Gasteiger charge is -2.35. The van der Waals surface area contributed by atoms with E-state index in [-0.39, 0.29) is 19.0 Å². The molecule has 0 bridgehead atoms. The minimum absolute atomic E-state index is 0.0305. The predicted molar refractivity (Wildman–Crippen MR) is 95.6 cm³/mol. The normalized spacial score (nSPS) is 25.0. The maximum Gasteiger partial charge on any atom is 0.407 e. The van der Waals surface area contributed by atoms with Gasteiger partial charge in [0.25, 0.3) is 0 Å². The molecule has 25 heavy (non-hydrogen) atoms. The van der Waals surface area contributed by atoms with Crippen LogP contribution in [0.3, 0.4) is 0 Å². The van der Waals surface area contributed by atoms with Crippen molar-refractivity contribution >= 4 is 6.09 Å². The fourth-order valence-electron chi connectivity index (χ4n) is 3.82. The van der Waals surface area contributed by atoms with Gasteiger partial charge in [0, 0.05) is 6.54 Å². The Morgan fingerprint density at radius 2 is 2.08 bits per heavy atom. The number of hydrogen-bond acceptors (Lipinski definition) is 4. The van der Waals surface area contributed by atoms with Crippen molar-refractivity contribution in [1.82, 2.24) is 5.32 Å². The minimum atomic E-state index is -0.328. The third kappa shape index (κ3) is 4.80. The number of alkyl carbamates (subject to hydrolysis) is 1. The van der Waals surface area contributed by atoms with Crippen LogP contribution in [-0.4, -0.2) is 19.0 Å². The zero-order valence-corrected chi connectivity index (χ0v) is 15.4. The van der Waals surface area contributed by atoms with E-state index in [0.717, 1.165) is 36.3 Å². The Labute approximate surface area is 150 Å². The maximum absolute atomic E-state index is 12.3. The first-order chi connectivity index (χ1) is 12.0. The molecule has 3 rings (SSSR count). The average molecular weight is 347 g/mol. The predicted octanol–water partition coefficient (Wildman–Crippen LogP) is 4.49. The maximum atomic E-state index is 12.3. The number of carbonyl (C=O) groups is 1. The molecule has 2 aliphatic rings. The number of amides is 1. The van der Waals surface area contributed by atoms with Crippen LogP contribution in [0.25, 0.3) is 0 Å². The molecule has 5 heteroatoms. The van der Waals surface area contributed by atoms with Crippen LogP contribution in [0.1, 0.15) is 52.0 Å². The number of rotatable bonds is 5. The molecular formula is C20H29NO4. The standard InChI is InChI=1S/C20H29NO4/c1-13(2)8-16-6-4-14(3)9-18(16)25-20(22)21-11-15-5-7-17-19(10-15)24-12-23-17/h5,7,10,13-14,16,18H,4,6,8-9,11-12H2,1-3H3,(H,21,22). The number of ether oxygens (including phenoxy) is 3. The fourth-order valence-corrected chi connectivity index (χ4v) is 3.82. The van der Waals surface area contributed by atoms with Crippen molar-refractivity contribution in [3.63, 3.8) is 0 Å². The molecule has 1 aromatic carbocycles. The van der Waals surface area contributed by atoms with Gasteiger partial charge in [-0.25, -0.2) is 4.79 Å². The number of nitrogens with one attached hydrogen (secondary N) is 1. The number of fused-ring (bicyclic) bond motifs is 1. The van der Waals surface area contributed by atoms with Crippen molar-refractivity contribution in [3.8, 4) is 11.5 Å². The van der Waals surface area contributed by atoms with Crippen LogP contribution in [0.15, 0.2) is 18.2 Å². The summed E-state index contributed by atoms with van der Waals surface area (Å²) in [5, 5.41) is 2.87.